The molecule has 0 saturated carbocycles. The molecule has 0 amide bonds. The van der Waals surface area contributed by atoms with Crippen molar-refractivity contribution in [1.29, 1.82) is 0 Å². The van der Waals surface area contributed by atoms with Crippen LogP contribution in [0.2, 0.25) is 0 Å². The fourth-order valence-electron chi connectivity index (χ4n) is 7.91. The van der Waals surface area contributed by atoms with E-state index < -0.39 is 6.10 Å². The van der Waals surface area contributed by atoms with Gasteiger partial charge in [-0.3, -0.25) is 14.4 Å². The summed E-state index contributed by atoms with van der Waals surface area (Å²) < 4.78 is 16.9. The zero-order valence-electron chi connectivity index (χ0n) is 51.0. The molecule has 0 rings (SSSR count). The van der Waals surface area contributed by atoms with Crippen molar-refractivity contribution in [3.63, 3.8) is 0 Å². The molecule has 0 radical (unpaired) electrons. The predicted molar refractivity (Wildman–Crippen MR) is 348 cm³/mol. The highest BCUT2D eigenvalue weighted by molar-refractivity contribution is 5.71. The van der Waals surface area contributed by atoms with Gasteiger partial charge in [0.15, 0.2) is 6.10 Å². The van der Waals surface area contributed by atoms with E-state index in [0.717, 1.165) is 186 Å². The van der Waals surface area contributed by atoms with Gasteiger partial charge in [0.1, 0.15) is 13.2 Å². The number of esters is 3. The van der Waals surface area contributed by atoms with Crippen LogP contribution in [0, 0.1) is 0 Å². The third-order valence-electron chi connectivity index (χ3n) is 12.6. The molecule has 0 aliphatic heterocycles. The maximum absolute atomic E-state index is 12.9. The third kappa shape index (κ3) is 63.3. The fraction of sp³-hybridized carbons (Fsp3) is 0.554. The Bertz CT molecular complexity index is 1890. The van der Waals surface area contributed by atoms with E-state index in [1.165, 1.54) is 19.3 Å². The molecular weight excluding hydrogens is 985 g/mol. The Kier molecular flexibility index (Phi) is 61.5. The minimum Gasteiger partial charge on any atom is -0.462 e. The predicted octanol–water partition coefficient (Wildman–Crippen LogP) is 22.0. The standard InChI is InChI=1S/C74H114O6/c1-4-7-10-13-16-19-22-25-28-30-32-34-36-37-39-40-42-44-46-49-52-55-58-61-64-67-73(76)79-70-71(69-78-72(75)66-63-60-57-54-51-48-27-24-21-18-15-12-9-6-3)80-74(77)68-65-62-59-56-53-50-47-45-43-41-38-35-33-31-29-26-23-20-17-14-11-8-5-2/h7-8,10-11,15-20,24-29,32-35,37,39,41-44,47,49-50,52,71H,4-6,9,12-14,21-23,30-31,36,38,40,45-46,48,51,53-70H2,1-3H3/b10-7-,11-8-,18-15-,19-16-,20-17-,27-24-,28-25-,29-26-,34-32-,35-33-,39-37-,43-41-,44-42-,50-47-,52-49-. The van der Waals surface area contributed by atoms with Crippen LogP contribution in [0.4, 0.5) is 0 Å². The lowest BCUT2D eigenvalue weighted by Crippen LogP contribution is -2.30. The van der Waals surface area contributed by atoms with E-state index >= 15 is 0 Å². The van der Waals surface area contributed by atoms with Gasteiger partial charge in [0.05, 0.1) is 0 Å². The normalized spacial score (nSPS) is 13.4. The van der Waals surface area contributed by atoms with Gasteiger partial charge in [0.2, 0.25) is 0 Å². The molecule has 0 bridgehead atoms. The summed E-state index contributed by atoms with van der Waals surface area (Å²) >= 11 is 0. The topological polar surface area (TPSA) is 78.9 Å². The van der Waals surface area contributed by atoms with Crippen LogP contribution in [0.25, 0.3) is 0 Å². The van der Waals surface area contributed by atoms with Gasteiger partial charge >= 0.3 is 17.9 Å². The first-order chi connectivity index (χ1) is 39.5. The number of rotatable bonds is 55. The number of hydrogen-bond donors (Lipinski definition) is 0. The monoisotopic (exact) mass is 1100 g/mol. The quantitative estimate of drug-likeness (QED) is 0.0261. The lowest BCUT2D eigenvalue weighted by atomic mass is 10.1. The van der Waals surface area contributed by atoms with E-state index in [-0.39, 0.29) is 37.5 Å². The minimum absolute atomic E-state index is 0.116. The van der Waals surface area contributed by atoms with E-state index in [1.54, 1.807) is 0 Å². The van der Waals surface area contributed by atoms with Crippen LogP contribution in [0.1, 0.15) is 245 Å². The molecular formula is C74H114O6. The second-order valence-corrected chi connectivity index (χ2v) is 20.2. The van der Waals surface area contributed by atoms with Crippen molar-refractivity contribution in [2.24, 2.45) is 0 Å². The molecule has 80 heavy (non-hydrogen) atoms. The van der Waals surface area contributed by atoms with Crippen molar-refractivity contribution < 1.29 is 28.6 Å². The summed E-state index contributed by atoms with van der Waals surface area (Å²) in [6, 6.07) is 0. The first-order valence-corrected chi connectivity index (χ1v) is 31.8. The second kappa shape index (κ2) is 66.0. The summed E-state index contributed by atoms with van der Waals surface area (Å²) in [5, 5.41) is 0. The van der Waals surface area contributed by atoms with Crippen molar-refractivity contribution in [2.45, 2.75) is 252 Å². The first-order valence-electron chi connectivity index (χ1n) is 31.8. The number of allylic oxidation sites excluding steroid dienone is 30. The Balaban J connectivity index is 4.54. The molecule has 0 aliphatic rings. The second-order valence-electron chi connectivity index (χ2n) is 20.2. The van der Waals surface area contributed by atoms with Crippen molar-refractivity contribution >= 4 is 17.9 Å². The van der Waals surface area contributed by atoms with Gasteiger partial charge in [0.25, 0.3) is 0 Å². The third-order valence-corrected chi connectivity index (χ3v) is 12.6. The van der Waals surface area contributed by atoms with Crippen LogP contribution < -0.4 is 0 Å². The van der Waals surface area contributed by atoms with Gasteiger partial charge in [0, 0.05) is 19.3 Å². The van der Waals surface area contributed by atoms with E-state index in [4.69, 9.17) is 14.2 Å². The first kappa shape index (κ1) is 74.5. The maximum Gasteiger partial charge on any atom is 0.306 e. The SMILES string of the molecule is CC/C=C\C/C=C\C/C=C\C/C=C\C/C=C\C/C=C\C/C=C\CCCCCC(=O)OCC(COC(=O)CCCCCCC/C=C\C/C=C\CCCC)OC(=O)CCCCCC/C=C\C/C=C\C/C=C\C/C=C\C/C=C\C/C=C\CC. The van der Waals surface area contributed by atoms with Crippen molar-refractivity contribution in [3.8, 4) is 0 Å². The molecule has 6 nitrogen and oxygen atoms in total. The Morgan fingerprint density at radius 1 is 0.263 bits per heavy atom. The van der Waals surface area contributed by atoms with Crippen LogP contribution >= 0.6 is 0 Å². The van der Waals surface area contributed by atoms with Gasteiger partial charge < -0.3 is 14.2 Å². The van der Waals surface area contributed by atoms with Crippen LogP contribution in [0.3, 0.4) is 0 Å². The van der Waals surface area contributed by atoms with Gasteiger partial charge in [-0.1, -0.05) is 254 Å². The van der Waals surface area contributed by atoms with Crippen LogP contribution in [-0.2, 0) is 28.6 Å². The minimum atomic E-state index is -0.824. The van der Waals surface area contributed by atoms with Crippen LogP contribution in [0.5, 0.6) is 0 Å². The summed E-state index contributed by atoms with van der Waals surface area (Å²) in [6.07, 6.45) is 98.9. The smallest absolute Gasteiger partial charge is 0.306 e. The number of hydrogen-bond acceptors (Lipinski definition) is 6. The lowest BCUT2D eigenvalue weighted by Gasteiger charge is -2.18. The summed E-state index contributed by atoms with van der Waals surface area (Å²) in [5.74, 6) is -0.996. The summed E-state index contributed by atoms with van der Waals surface area (Å²) in [5.41, 5.74) is 0. The summed E-state index contributed by atoms with van der Waals surface area (Å²) in [7, 11) is 0. The average Bonchev–Trinajstić information content (AvgIpc) is 3.46. The Hall–Kier alpha value is -5.49. The highest BCUT2D eigenvalue weighted by Crippen LogP contribution is 2.13. The van der Waals surface area contributed by atoms with Crippen LogP contribution in [0.15, 0.2) is 182 Å². The molecule has 0 heterocycles. The van der Waals surface area contributed by atoms with E-state index in [1.807, 2.05) is 0 Å². The van der Waals surface area contributed by atoms with E-state index in [9.17, 15) is 14.4 Å². The average molecular weight is 1100 g/mol. The lowest BCUT2D eigenvalue weighted by molar-refractivity contribution is -0.167. The molecule has 446 valence electrons. The number of carbonyl (C=O) groups excluding carboxylic acids is 3. The molecule has 0 fully saturated rings. The van der Waals surface area contributed by atoms with Crippen molar-refractivity contribution in [1.82, 2.24) is 0 Å². The fourth-order valence-corrected chi connectivity index (χ4v) is 7.91. The zero-order valence-corrected chi connectivity index (χ0v) is 51.0. The summed E-state index contributed by atoms with van der Waals surface area (Å²) in [4.78, 5) is 38.3. The highest BCUT2D eigenvalue weighted by atomic mass is 16.6. The Morgan fingerprint density at radius 2 is 0.487 bits per heavy atom. The van der Waals surface area contributed by atoms with Gasteiger partial charge in [-0.05, 0) is 154 Å². The molecule has 1 unspecified atom stereocenters. The molecule has 0 saturated heterocycles. The largest absolute Gasteiger partial charge is 0.462 e. The molecule has 6 heteroatoms. The van der Waals surface area contributed by atoms with E-state index in [0.29, 0.717) is 12.8 Å². The molecule has 1 atom stereocenters. The van der Waals surface area contributed by atoms with Gasteiger partial charge in [-0.25, -0.2) is 0 Å². The molecule has 0 aliphatic carbocycles. The number of ether oxygens (including phenoxy) is 3. The zero-order chi connectivity index (χ0) is 57.8. The number of carbonyl (C=O) groups is 3. The van der Waals surface area contributed by atoms with Gasteiger partial charge in [-0.15, -0.1) is 0 Å². The molecule has 0 aromatic rings. The molecule has 0 aromatic heterocycles. The highest BCUT2D eigenvalue weighted by Gasteiger charge is 2.19. The van der Waals surface area contributed by atoms with E-state index in [2.05, 4.69) is 203 Å². The Labute approximate surface area is 491 Å². The van der Waals surface area contributed by atoms with Crippen molar-refractivity contribution in [3.05, 3.63) is 182 Å². The van der Waals surface area contributed by atoms with Gasteiger partial charge in [-0.2, -0.15) is 0 Å². The maximum atomic E-state index is 12.9. The molecule has 0 N–H and O–H groups in total. The molecule has 0 aromatic carbocycles. The summed E-state index contributed by atoms with van der Waals surface area (Å²) in [6.45, 7) is 6.30. The van der Waals surface area contributed by atoms with Crippen molar-refractivity contribution in [2.75, 3.05) is 13.2 Å². The molecule has 0 spiro atoms. The number of unbranched alkanes of at least 4 members (excludes halogenated alkanes) is 14. The Morgan fingerprint density at radius 3 is 0.775 bits per heavy atom. The van der Waals surface area contributed by atoms with Crippen LogP contribution in [-0.4, -0.2) is 37.2 Å².